The molecule has 28 heavy (non-hydrogen) atoms. The fourth-order valence-electron chi connectivity index (χ4n) is 5.02. The molecule has 148 valence electrons. The second kappa shape index (κ2) is 6.29. The van der Waals surface area contributed by atoms with Crippen molar-refractivity contribution in [3.63, 3.8) is 0 Å². The Balaban J connectivity index is 1.16. The van der Waals surface area contributed by atoms with Gasteiger partial charge < -0.3 is 14.6 Å². The van der Waals surface area contributed by atoms with Crippen molar-refractivity contribution in [3.8, 4) is 11.3 Å². The van der Waals surface area contributed by atoms with Crippen molar-refractivity contribution in [2.24, 2.45) is 5.92 Å². The highest BCUT2D eigenvalue weighted by atomic mass is 35.5. The van der Waals surface area contributed by atoms with Gasteiger partial charge in [0.05, 0.1) is 28.7 Å². The molecule has 1 N–H and O–H groups in total. The lowest BCUT2D eigenvalue weighted by molar-refractivity contribution is -0.161. The molecule has 1 aromatic carbocycles. The molecule has 4 aliphatic rings. The molecule has 0 spiro atoms. The van der Waals surface area contributed by atoms with E-state index in [9.17, 15) is 9.18 Å². The molecule has 5 nitrogen and oxygen atoms in total. The van der Waals surface area contributed by atoms with E-state index in [-0.39, 0.29) is 34.7 Å². The zero-order valence-corrected chi connectivity index (χ0v) is 16.5. The average molecular weight is 404 g/mol. The topological polar surface area (TPSA) is 56.1 Å². The molecule has 0 aliphatic heterocycles. The van der Waals surface area contributed by atoms with Gasteiger partial charge in [0.1, 0.15) is 12.4 Å². The standard InChI is InChI=1S/C21H23ClFN3O2/c1-13-4-15(5-13)28-8-19(27)25-20-9-21(10-20,11-20)26-7-18(24-12-26)14-2-3-16(22)17(23)6-14/h2-3,6-7,12-13,15H,4-5,8-11H2,1H3,(H,25,27). The fourth-order valence-corrected chi connectivity index (χ4v) is 5.14. The third-order valence-electron chi connectivity index (χ3n) is 6.53. The van der Waals surface area contributed by atoms with Crippen molar-refractivity contribution in [2.75, 3.05) is 6.61 Å². The van der Waals surface area contributed by atoms with Gasteiger partial charge in [0, 0.05) is 17.3 Å². The van der Waals surface area contributed by atoms with E-state index in [1.54, 1.807) is 18.5 Å². The molecule has 0 atom stereocenters. The summed E-state index contributed by atoms with van der Waals surface area (Å²) in [7, 11) is 0. The number of ether oxygens (including phenoxy) is 1. The average Bonchev–Trinajstić information content (AvgIpc) is 3.05. The summed E-state index contributed by atoms with van der Waals surface area (Å²) in [6.45, 7) is 2.36. The second-order valence-electron chi connectivity index (χ2n) is 8.89. The van der Waals surface area contributed by atoms with E-state index in [0.29, 0.717) is 5.56 Å². The summed E-state index contributed by atoms with van der Waals surface area (Å²) in [5.74, 6) is 0.255. The van der Waals surface area contributed by atoms with Gasteiger partial charge in [0.15, 0.2) is 0 Å². The highest BCUT2D eigenvalue weighted by Gasteiger charge is 2.69. The van der Waals surface area contributed by atoms with Gasteiger partial charge >= 0.3 is 0 Å². The lowest BCUT2D eigenvalue weighted by Gasteiger charge is -2.70. The Kier molecular flexibility index (Phi) is 4.07. The van der Waals surface area contributed by atoms with Gasteiger partial charge in [0.2, 0.25) is 5.91 Å². The molecule has 4 fully saturated rings. The van der Waals surface area contributed by atoms with Crippen molar-refractivity contribution >= 4 is 17.5 Å². The lowest BCUT2D eigenvalue weighted by Crippen LogP contribution is -2.78. The van der Waals surface area contributed by atoms with Crippen molar-refractivity contribution in [1.29, 1.82) is 0 Å². The van der Waals surface area contributed by atoms with Crippen LogP contribution >= 0.6 is 11.6 Å². The molecule has 1 aromatic heterocycles. The van der Waals surface area contributed by atoms with Gasteiger partial charge in [-0.1, -0.05) is 24.6 Å². The molecule has 4 aliphatic carbocycles. The number of nitrogens with zero attached hydrogens (tertiary/aromatic N) is 2. The fraction of sp³-hybridized carbons (Fsp3) is 0.524. The van der Waals surface area contributed by atoms with E-state index in [0.717, 1.165) is 43.7 Å². The Morgan fingerprint density at radius 1 is 1.39 bits per heavy atom. The Labute approximate surface area is 168 Å². The SMILES string of the molecule is CC1CC(OCC(=O)NC23CC(n4cnc(-c5ccc(Cl)c(F)c5)c4)(C2)C3)C1. The zero-order valence-electron chi connectivity index (χ0n) is 15.8. The number of imidazole rings is 1. The van der Waals surface area contributed by atoms with Crippen LogP contribution in [0.25, 0.3) is 11.3 Å². The first-order chi connectivity index (χ1) is 13.4. The minimum Gasteiger partial charge on any atom is -0.368 e. The van der Waals surface area contributed by atoms with Crippen LogP contribution in [0.15, 0.2) is 30.7 Å². The first-order valence-corrected chi connectivity index (χ1v) is 10.2. The van der Waals surface area contributed by atoms with Crippen LogP contribution in [0.2, 0.25) is 5.02 Å². The van der Waals surface area contributed by atoms with Crippen LogP contribution in [-0.2, 0) is 15.1 Å². The van der Waals surface area contributed by atoms with Crippen LogP contribution in [0, 0.1) is 11.7 Å². The smallest absolute Gasteiger partial charge is 0.246 e. The molecule has 1 amide bonds. The predicted octanol–water partition coefficient (Wildman–Crippen LogP) is 3.91. The Hall–Kier alpha value is -1.92. The molecule has 0 radical (unpaired) electrons. The first-order valence-electron chi connectivity index (χ1n) is 9.79. The van der Waals surface area contributed by atoms with Gasteiger partial charge in [-0.3, -0.25) is 4.79 Å². The third kappa shape index (κ3) is 2.94. The Morgan fingerprint density at radius 2 is 2.14 bits per heavy atom. The van der Waals surface area contributed by atoms with Crippen LogP contribution in [0.1, 0.15) is 39.0 Å². The molecule has 1 heterocycles. The molecule has 4 saturated carbocycles. The number of hydrogen-bond acceptors (Lipinski definition) is 3. The summed E-state index contributed by atoms with van der Waals surface area (Å²) in [4.78, 5) is 16.6. The van der Waals surface area contributed by atoms with Gasteiger partial charge in [0.25, 0.3) is 0 Å². The number of aromatic nitrogens is 2. The van der Waals surface area contributed by atoms with Crippen LogP contribution in [-0.4, -0.2) is 33.7 Å². The quantitative estimate of drug-likeness (QED) is 0.795. The minimum absolute atomic E-state index is 0.0178. The number of rotatable bonds is 6. The van der Waals surface area contributed by atoms with E-state index in [2.05, 4.69) is 21.8 Å². The molecule has 7 heteroatoms. The largest absolute Gasteiger partial charge is 0.368 e. The maximum absolute atomic E-state index is 13.7. The summed E-state index contributed by atoms with van der Waals surface area (Å²) in [6, 6.07) is 4.72. The number of amides is 1. The zero-order chi connectivity index (χ0) is 19.5. The number of hydrogen-bond donors (Lipinski definition) is 1. The molecule has 6 rings (SSSR count). The maximum Gasteiger partial charge on any atom is 0.246 e. The molecule has 2 bridgehead atoms. The van der Waals surface area contributed by atoms with Crippen molar-refractivity contribution in [3.05, 3.63) is 41.6 Å². The molecule has 0 unspecified atom stereocenters. The normalized spacial score (nSPS) is 32.8. The van der Waals surface area contributed by atoms with Gasteiger partial charge in [-0.25, -0.2) is 9.37 Å². The highest BCUT2D eigenvalue weighted by Crippen LogP contribution is 2.65. The summed E-state index contributed by atoms with van der Waals surface area (Å²) in [6.07, 6.45) is 8.82. The molecule has 2 aromatic rings. The third-order valence-corrected chi connectivity index (χ3v) is 6.84. The van der Waals surface area contributed by atoms with Gasteiger partial charge in [-0.2, -0.15) is 0 Å². The second-order valence-corrected chi connectivity index (χ2v) is 9.30. The number of carbonyl (C=O) groups excluding carboxylic acids is 1. The minimum atomic E-state index is -0.445. The van der Waals surface area contributed by atoms with E-state index in [4.69, 9.17) is 16.3 Å². The number of nitrogens with one attached hydrogen (secondary N) is 1. The summed E-state index contributed by atoms with van der Waals surface area (Å²) < 4.78 is 21.5. The molecular weight excluding hydrogens is 381 g/mol. The van der Waals surface area contributed by atoms with Crippen LogP contribution in [0.3, 0.4) is 0 Å². The van der Waals surface area contributed by atoms with E-state index in [1.165, 1.54) is 6.07 Å². The van der Waals surface area contributed by atoms with Crippen molar-refractivity contribution < 1.29 is 13.9 Å². The number of carbonyl (C=O) groups is 1. The van der Waals surface area contributed by atoms with E-state index < -0.39 is 5.82 Å². The monoisotopic (exact) mass is 403 g/mol. The number of halogens is 2. The first kappa shape index (κ1) is 18.1. The maximum atomic E-state index is 13.7. The van der Waals surface area contributed by atoms with Gasteiger partial charge in [-0.05, 0) is 50.2 Å². The van der Waals surface area contributed by atoms with Crippen LogP contribution in [0.5, 0.6) is 0 Å². The Morgan fingerprint density at radius 3 is 2.82 bits per heavy atom. The van der Waals surface area contributed by atoms with Gasteiger partial charge in [-0.15, -0.1) is 0 Å². The van der Waals surface area contributed by atoms with Crippen molar-refractivity contribution in [1.82, 2.24) is 14.9 Å². The van der Waals surface area contributed by atoms with E-state index in [1.807, 2.05) is 6.20 Å². The Bertz CT molecular complexity index is 918. The number of benzene rings is 1. The highest BCUT2D eigenvalue weighted by molar-refractivity contribution is 6.30. The summed E-state index contributed by atoms with van der Waals surface area (Å²) in [5, 5.41) is 3.27. The van der Waals surface area contributed by atoms with Crippen LogP contribution < -0.4 is 5.32 Å². The predicted molar refractivity (Wildman–Crippen MR) is 103 cm³/mol. The lowest BCUT2D eigenvalue weighted by atomic mass is 9.44. The summed E-state index contributed by atoms with van der Waals surface area (Å²) in [5.41, 5.74) is 1.36. The van der Waals surface area contributed by atoms with E-state index >= 15 is 0 Å². The summed E-state index contributed by atoms with van der Waals surface area (Å²) >= 11 is 5.75. The molecular formula is C21H23ClFN3O2. The molecule has 0 saturated heterocycles. The van der Waals surface area contributed by atoms with Crippen molar-refractivity contribution in [2.45, 2.75) is 56.2 Å². The van der Waals surface area contributed by atoms with Crippen LogP contribution in [0.4, 0.5) is 4.39 Å².